The first-order valence-electron chi connectivity index (χ1n) is 8.23. The lowest BCUT2D eigenvalue weighted by Crippen LogP contribution is -2.32. The van der Waals surface area contributed by atoms with E-state index in [9.17, 15) is 4.79 Å². The van der Waals surface area contributed by atoms with Gasteiger partial charge in [-0.1, -0.05) is 13.8 Å². The Morgan fingerprint density at radius 2 is 2.09 bits per heavy atom. The number of carbonyl (C=O) groups excluding carboxylic acids is 1. The van der Waals surface area contributed by atoms with E-state index in [0.29, 0.717) is 12.2 Å². The molecule has 1 aromatic rings. The summed E-state index contributed by atoms with van der Waals surface area (Å²) in [7, 11) is 0. The highest BCUT2D eigenvalue weighted by atomic mass is 16.5. The Hall–Kier alpha value is -1.69. The third-order valence-corrected chi connectivity index (χ3v) is 3.71. The number of aromatic nitrogens is 2. The molecule has 1 fully saturated rings. The third-order valence-electron chi connectivity index (χ3n) is 3.71. The van der Waals surface area contributed by atoms with Gasteiger partial charge in [0, 0.05) is 26.2 Å². The molecular formula is C16H26N4O2. The van der Waals surface area contributed by atoms with Gasteiger partial charge in [-0.15, -0.1) is 10.2 Å². The quantitative estimate of drug-likeness (QED) is 0.796. The van der Waals surface area contributed by atoms with E-state index in [2.05, 4.69) is 34.3 Å². The minimum absolute atomic E-state index is 0.140. The molecule has 1 saturated heterocycles. The highest BCUT2D eigenvalue weighted by Crippen LogP contribution is 2.12. The van der Waals surface area contributed by atoms with Crippen molar-refractivity contribution in [3.05, 3.63) is 17.8 Å². The predicted octanol–water partition coefficient (Wildman–Crippen LogP) is 2.01. The largest absolute Gasteiger partial charge is 0.376 e. The number of nitrogens with zero attached hydrogens (tertiary/aromatic N) is 3. The average molecular weight is 306 g/mol. The van der Waals surface area contributed by atoms with E-state index < -0.39 is 0 Å². The van der Waals surface area contributed by atoms with E-state index in [-0.39, 0.29) is 12.0 Å². The zero-order valence-electron chi connectivity index (χ0n) is 13.5. The topological polar surface area (TPSA) is 67.4 Å². The van der Waals surface area contributed by atoms with E-state index in [4.69, 9.17) is 4.74 Å². The summed E-state index contributed by atoms with van der Waals surface area (Å²) >= 11 is 0. The molecule has 22 heavy (non-hydrogen) atoms. The normalized spacial score (nSPS) is 17.5. The van der Waals surface area contributed by atoms with Crippen molar-refractivity contribution in [3.63, 3.8) is 0 Å². The first-order valence-corrected chi connectivity index (χ1v) is 8.23. The van der Waals surface area contributed by atoms with Crippen LogP contribution in [-0.4, -0.2) is 48.4 Å². The molecule has 1 amide bonds. The van der Waals surface area contributed by atoms with Gasteiger partial charge in [-0.3, -0.25) is 4.79 Å². The number of anilines is 1. The number of ether oxygens (including phenoxy) is 1. The minimum atomic E-state index is -0.188. The van der Waals surface area contributed by atoms with Crippen LogP contribution in [-0.2, 0) is 4.74 Å². The Morgan fingerprint density at radius 1 is 1.32 bits per heavy atom. The molecule has 2 rings (SSSR count). The van der Waals surface area contributed by atoms with Crippen molar-refractivity contribution < 1.29 is 9.53 Å². The fraction of sp³-hybridized carbons (Fsp3) is 0.688. The molecule has 0 saturated carbocycles. The average Bonchev–Trinajstić information content (AvgIpc) is 3.06. The molecule has 1 N–H and O–H groups in total. The highest BCUT2D eigenvalue weighted by Gasteiger charge is 2.17. The first kappa shape index (κ1) is 16.7. The Balaban J connectivity index is 1.90. The molecule has 6 heteroatoms. The van der Waals surface area contributed by atoms with Crippen molar-refractivity contribution in [2.75, 3.05) is 31.1 Å². The molecule has 0 radical (unpaired) electrons. The Labute approximate surface area is 132 Å². The van der Waals surface area contributed by atoms with Gasteiger partial charge >= 0.3 is 0 Å². The molecule has 0 aliphatic carbocycles. The number of nitrogens with one attached hydrogen (secondary N) is 1. The lowest BCUT2D eigenvalue weighted by Gasteiger charge is -2.21. The molecule has 0 bridgehead atoms. The standard InChI is InChI=1S/C16H26N4O2/c1-3-9-20(10-4-2)15-8-7-14(18-19-15)16(21)17-12-13-6-5-11-22-13/h7-8,13H,3-6,9-12H2,1-2H3,(H,17,21). The van der Waals surface area contributed by atoms with Gasteiger partial charge in [0.1, 0.15) is 0 Å². The summed E-state index contributed by atoms with van der Waals surface area (Å²) in [6.45, 7) is 7.52. The van der Waals surface area contributed by atoms with Gasteiger partial charge < -0.3 is 15.0 Å². The van der Waals surface area contributed by atoms with Crippen LogP contribution < -0.4 is 10.2 Å². The van der Waals surface area contributed by atoms with Crippen LogP contribution in [0.1, 0.15) is 50.0 Å². The van der Waals surface area contributed by atoms with Crippen LogP contribution in [0.4, 0.5) is 5.82 Å². The number of amides is 1. The summed E-state index contributed by atoms with van der Waals surface area (Å²) in [6.07, 6.45) is 4.34. The fourth-order valence-corrected chi connectivity index (χ4v) is 2.60. The molecule has 122 valence electrons. The number of hydrogen-bond acceptors (Lipinski definition) is 5. The van der Waals surface area contributed by atoms with E-state index in [1.54, 1.807) is 6.07 Å². The van der Waals surface area contributed by atoms with Gasteiger partial charge in [-0.05, 0) is 37.8 Å². The number of hydrogen-bond donors (Lipinski definition) is 1. The summed E-state index contributed by atoms with van der Waals surface area (Å²) < 4.78 is 5.49. The van der Waals surface area contributed by atoms with Crippen LogP contribution in [0, 0.1) is 0 Å². The van der Waals surface area contributed by atoms with Crippen LogP contribution >= 0.6 is 0 Å². The van der Waals surface area contributed by atoms with Crippen molar-refractivity contribution >= 4 is 11.7 Å². The van der Waals surface area contributed by atoms with Crippen LogP contribution in [0.5, 0.6) is 0 Å². The molecule has 0 spiro atoms. The summed E-state index contributed by atoms with van der Waals surface area (Å²) in [5, 5.41) is 11.1. The van der Waals surface area contributed by atoms with Gasteiger partial charge in [0.2, 0.25) is 0 Å². The lowest BCUT2D eigenvalue weighted by molar-refractivity contribution is 0.0853. The minimum Gasteiger partial charge on any atom is -0.376 e. The zero-order valence-corrected chi connectivity index (χ0v) is 13.5. The molecule has 1 aliphatic heterocycles. The second kappa shape index (κ2) is 8.68. The molecule has 0 aromatic carbocycles. The van der Waals surface area contributed by atoms with E-state index >= 15 is 0 Å². The summed E-state index contributed by atoms with van der Waals surface area (Å²) in [4.78, 5) is 14.2. The van der Waals surface area contributed by atoms with Crippen molar-refractivity contribution in [2.45, 2.75) is 45.6 Å². The fourth-order valence-electron chi connectivity index (χ4n) is 2.60. The monoisotopic (exact) mass is 306 g/mol. The molecule has 1 unspecified atom stereocenters. The molecule has 1 aliphatic rings. The Bertz CT molecular complexity index is 452. The van der Waals surface area contributed by atoms with Crippen LogP contribution in [0.2, 0.25) is 0 Å². The van der Waals surface area contributed by atoms with E-state index in [0.717, 1.165) is 51.2 Å². The lowest BCUT2D eigenvalue weighted by atomic mass is 10.2. The summed E-state index contributed by atoms with van der Waals surface area (Å²) in [5.41, 5.74) is 0.356. The molecule has 2 heterocycles. The van der Waals surface area contributed by atoms with Crippen LogP contribution in [0.25, 0.3) is 0 Å². The summed E-state index contributed by atoms with van der Waals surface area (Å²) in [6, 6.07) is 3.62. The van der Waals surface area contributed by atoms with Gasteiger partial charge in [-0.25, -0.2) is 0 Å². The maximum absolute atomic E-state index is 12.1. The van der Waals surface area contributed by atoms with Gasteiger partial charge in [0.15, 0.2) is 11.5 Å². The highest BCUT2D eigenvalue weighted by molar-refractivity contribution is 5.92. The second-order valence-electron chi connectivity index (χ2n) is 5.61. The van der Waals surface area contributed by atoms with Crippen molar-refractivity contribution in [3.8, 4) is 0 Å². The predicted molar refractivity (Wildman–Crippen MR) is 86.1 cm³/mol. The van der Waals surface area contributed by atoms with Gasteiger partial charge in [-0.2, -0.15) is 0 Å². The van der Waals surface area contributed by atoms with E-state index in [1.807, 2.05) is 6.07 Å². The Kier molecular flexibility index (Phi) is 6.58. The third kappa shape index (κ3) is 4.66. The second-order valence-corrected chi connectivity index (χ2v) is 5.61. The Morgan fingerprint density at radius 3 is 2.64 bits per heavy atom. The smallest absolute Gasteiger partial charge is 0.271 e. The summed E-state index contributed by atoms with van der Waals surface area (Å²) in [5.74, 6) is 0.645. The first-order chi connectivity index (χ1) is 10.7. The SMILES string of the molecule is CCCN(CCC)c1ccc(C(=O)NCC2CCCO2)nn1. The van der Waals surface area contributed by atoms with Crippen LogP contribution in [0.3, 0.4) is 0 Å². The van der Waals surface area contributed by atoms with Crippen molar-refractivity contribution in [1.29, 1.82) is 0 Å². The van der Waals surface area contributed by atoms with Gasteiger partial charge in [0.05, 0.1) is 6.10 Å². The molecule has 6 nitrogen and oxygen atoms in total. The maximum Gasteiger partial charge on any atom is 0.271 e. The molecule has 1 aromatic heterocycles. The van der Waals surface area contributed by atoms with Crippen LogP contribution in [0.15, 0.2) is 12.1 Å². The molecule has 1 atom stereocenters. The molecular weight excluding hydrogens is 280 g/mol. The van der Waals surface area contributed by atoms with E-state index in [1.165, 1.54) is 0 Å². The number of carbonyl (C=O) groups is 1. The maximum atomic E-state index is 12.1. The van der Waals surface area contributed by atoms with Crippen molar-refractivity contribution in [2.24, 2.45) is 0 Å². The zero-order chi connectivity index (χ0) is 15.8. The van der Waals surface area contributed by atoms with Crippen molar-refractivity contribution in [1.82, 2.24) is 15.5 Å². The number of rotatable bonds is 8. The van der Waals surface area contributed by atoms with Gasteiger partial charge in [0.25, 0.3) is 5.91 Å².